The minimum atomic E-state index is -0.208. The molecule has 0 spiro atoms. The summed E-state index contributed by atoms with van der Waals surface area (Å²) in [7, 11) is 0. The molecule has 0 radical (unpaired) electrons. The molecule has 0 atom stereocenters. The van der Waals surface area contributed by atoms with E-state index in [1.807, 2.05) is 13.8 Å². The van der Waals surface area contributed by atoms with Gasteiger partial charge in [-0.05, 0) is 23.6 Å². The van der Waals surface area contributed by atoms with Crippen molar-refractivity contribution in [2.24, 2.45) is 0 Å². The summed E-state index contributed by atoms with van der Waals surface area (Å²) >= 11 is 0. The average Bonchev–Trinajstić information content (AvgIpc) is 1.85. The van der Waals surface area contributed by atoms with Gasteiger partial charge in [0, 0.05) is 5.69 Å². The van der Waals surface area contributed by atoms with Gasteiger partial charge in [-0.3, -0.25) is 0 Å². The lowest BCUT2D eigenvalue weighted by Gasteiger charge is -2.06. The molecule has 1 nitrogen and oxygen atoms in total. The second-order valence-corrected chi connectivity index (χ2v) is 2.94. The number of nitrogens with two attached hydrogens (primary N) is 1. The molecule has 0 aliphatic heterocycles. The van der Waals surface area contributed by atoms with Crippen molar-refractivity contribution in [1.82, 2.24) is 0 Å². The summed E-state index contributed by atoms with van der Waals surface area (Å²) in [6.07, 6.45) is 0. The quantitative estimate of drug-likeness (QED) is 0.616. The van der Waals surface area contributed by atoms with E-state index in [2.05, 4.69) is 0 Å². The summed E-state index contributed by atoms with van der Waals surface area (Å²) in [4.78, 5) is 0. The van der Waals surface area contributed by atoms with E-state index < -0.39 is 0 Å². The van der Waals surface area contributed by atoms with E-state index in [9.17, 15) is 4.39 Å². The van der Waals surface area contributed by atoms with Gasteiger partial charge in [0.25, 0.3) is 0 Å². The van der Waals surface area contributed by atoms with E-state index in [0.29, 0.717) is 5.69 Å². The molecule has 0 aromatic heterocycles. The highest BCUT2D eigenvalue weighted by Crippen LogP contribution is 2.19. The van der Waals surface area contributed by atoms with Crippen LogP contribution in [0.2, 0.25) is 0 Å². The van der Waals surface area contributed by atoms with E-state index in [1.165, 1.54) is 6.07 Å². The molecule has 0 amide bonds. The van der Waals surface area contributed by atoms with Crippen LogP contribution >= 0.6 is 0 Å². The molecule has 0 heterocycles. The summed E-state index contributed by atoms with van der Waals surface area (Å²) < 4.78 is 13.0. The molecular weight excluding hydrogens is 141 g/mol. The van der Waals surface area contributed by atoms with Crippen molar-refractivity contribution >= 4 is 5.69 Å². The number of rotatable bonds is 1. The molecular formula is C9H12FN. The predicted octanol–water partition coefficient (Wildman–Crippen LogP) is 2.53. The van der Waals surface area contributed by atoms with Crippen LogP contribution in [0.1, 0.15) is 25.3 Å². The maximum atomic E-state index is 13.0. The molecule has 0 saturated heterocycles. The molecule has 0 bridgehead atoms. The SMILES string of the molecule is CC(C)c1ccc(N)cc1F. The maximum absolute atomic E-state index is 13.0. The van der Waals surface area contributed by atoms with Crippen LogP contribution in [0.3, 0.4) is 0 Å². The van der Waals surface area contributed by atoms with Gasteiger partial charge in [0.2, 0.25) is 0 Å². The lowest BCUT2D eigenvalue weighted by molar-refractivity contribution is 0.599. The smallest absolute Gasteiger partial charge is 0.128 e. The minimum absolute atomic E-state index is 0.208. The molecule has 0 fully saturated rings. The lowest BCUT2D eigenvalue weighted by atomic mass is 10.0. The minimum Gasteiger partial charge on any atom is -0.399 e. The van der Waals surface area contributed by atoms with Crippen LogP contribution in [0.15, 0.2) is 18.2 Å². The Morgan fingerprint density at radius 3 is 2.45 bits per heavy atom. The molecule has 1 aromatic carbocycles. The fraction of sp³-hybridized carbons (Fsp3) is 0.333. The Hall–Kier alpha value is -1.05. The first-order valence-corrected chi connectivity index (χ1v) is 3.66. The molecule has 0 saturated carbocycles. The summed E-state index contributed by atoms with van der Waals surface area (Å²) in [5, 5.41) is 0. The van der Waals surface area contributed by atoms with E-state index in [-0.39, 0.29) is 11.7 Å². The summed E-state index contributed by atoms with van der Waals surface area (Å²) in [5.41, 5.74) is 6.59. The van der Waals surface area contributed by atoms with Crippen molar-refractivity contribution < 1.29 is 4.39 Å². The summed E-state index contributed by atoms with van der Waals surface area (Å²) in [5.74, 6) is 0.00981. The van der Waals surface area contributed by atoms with Crippen LogP contribution in [-0.4, -0.2) is 0 Å². The van der Waals surface area contributed by atoms with Crippen LogP contribution in [0.5, 0.6) is 0 Å². The summed E-state index contributed by atoms with van der Waals surface area (Å²) in [6.45, 7) is 3.91. The van der Waals surface area contributed by atoms with E-state index in [4.69, 9.17) is 5.73 Å². The normalized spacial score (nSPS) is 10.5. The van der Waals surface area contributed by atoms with Gasteiger partial charge in [0.1, 0.15) is 5.82 Å². The standard InChI is InChI=1S/C9H12FN/c1-6(2)8-4-3-7(11)5-9(8)10/h3-6H,11H2,1-2H3. The Balaban J connectivity index is 3.09. The third kappa shape index (κ3) is 1.70. The molecule has 2 heteroatoms. The Morgan fingerprint density at radius 1 is 1.36 bits per heavy atom. The van der Waals surface area contributed by atoms with Crippen LogP contribution in [0.25, 0.3) is 0 Å². The van der Waals surface area contributed by atoms with Gasteiger partial charge in [-0.25, -0.2) is 4.39 Å². The highest BCUT2D eigenvalue weighted by atomic mass is 19.1. The van der Waals surface area contributed by atoms with Gasteiger partial charge >= 0.3 is 0 Å². The van der Waals surface area contributed by atoms with Crippen LogP contribution in [0, 0.1) is 5.82 Å². The zero-order chi connectivity index (χ0) is 8.43. The van der Waals surface area contributed by atoms with Gasteiger partial charge < -0.3 is 5.73 Å². The highest BCUT2D eigenvalue weighted by molar-refractivity contribution is 5.41. The largest absolute Gasteiger partial charge is 0.399 e. The second-order valence-electron chi connectivity index (χ2n) is 2.94. The molecule has 0 unspecified atom stereocenters. The molecule has 0 aliphatic rings. The third-order valence-electron chi connectivity index (χ3n) is 1.65. The Bertz CT molecular complexity index is 256. The van der Waals surface area contributed by atoms with E-state index >= 15 is 0 Å². The Morgan fingerprint density at radius 2 is 2.00 bits per heavy atom. The Kier molecular flexibility index (Phi) is 2.13. The number of benzene rings is 1. The third-order valence-corrected chi connectivity index (χ3v) is 1.65. The zero-order valence-electron chi connectivity index (χ0n) is 6.76. The van der Waals surface area contributed by atoms with Crippen molar-refractivity contribution in [2.45, 2.75) is 19.8 Å². The number of hydrogen-bond donors (Lipinski definition) is 1. The molecule has 2 N–H and O–H groups in total. The van der Waals surface area contributed by atoms with E-state index in [1.54, 1.807) is 12.1 Å². The first-order chi connectivity index (χ1) is 5.11. The fourth-order valence-electron chi connectivity index (χ4n) is 1.01. The molecule has 1 rings (SSSR count). The highest BCUT2D eigenvalue weighted by Gasteiger charge is 2.05. The zero-order valence-corrected chi connectivity index (χ0v) is 6.76. The second kappa shape index (κ2) is 2.91. The molecule has 0 aliphatic carbocycles. The van der Waals surface area contributed by atoms with E-state index in [0.717, 1.165) is 5.56 Å². The van der Waals surface area contributed by atoms with Crippen molar-refractivity contribution in [2.75, 3.05) is 5.73 Å². The van der Waals surface area contributed by atoms with Gasteiger partial charge in [0.05, 0.1) is 0 Å². The topological polar surface area (TPSA) is 26.0 Å². The van der Waals surface area contributed by atoms with Gasteiger partial charge in [-0.2, -0.15) is 0 Å². The van der Waals surface area contributed by atoms with Crippen LogP contribution in [0.4, 0.5) is 10.1 Å². The Labute approximate surface area is 66.0 Å². The molecule has 1 aromatic rings. The lowest BCUT2D eigenvalue weighted by Crippen LogP contribution is -1.94. The maximum Gasteiger partial charge on any atom is 0.128 e. The predicted molar refractivity (Wildman–Crippen MR) is 44.9 cm³/mol. The number of anilines is 1. The van der Waals surface area contributed by atoms with Crippen molar-refractivity contribution in [3.63, 3.8) is 0 Å². The number of halogens is 1. The first kappa shape index (κ1) is 8.05. The van der Waals surface area contributed by atoms with Gasteiger partial charge in [-0.15, -0.1) is 0 Å². The van der Waals surface area contributed by atoms with Crippen molar-refractivity contribution in [1.29, 1.82) is 0 Å². The summed E-state index contributed by atoms with van der Waals surface area (Å²) in [6, 6.07) is 4.81. The van der Waals surface area contributed by atoms with Crippen molar-refractivity contribution in [3.05, 3.63) is 29.6 Å². The number of nitrogen functional groups attached to an aromatic ring is 1. The van der Waals surface area contributed by atoms with Crippen molar-refractivity contribution in [3.8, 4) is 0 Å². The van der Waals surface area contributed by atoms with Gasteiger partial charge in [-0.1, -0.05) is 19.9 Å². The molecule has 60 valence electrons. The van der Waals surface area contributed by atoms with Crippen LogP contribution < -0.4 is 5.73 Å². The molecule has 11 heavy (non-hydrogen) atoms. The fourth-order valence-corrected chi connectivity index (χ4v) is 1.01. The average molecular weight is 153 g/mol. The van der Waals surface area contributed by atoms with Crippen LogP contribution in [-0.2, 0) is 0 Å². The van der Waals surface area contributed by atoms with Gasteiger partial charge in [0.15, 0.2) is 0 Å². The first-order valence-electron chi connectivity index (χ1n) is 3.66. The number of hydrogen-bond acceptors (Lipinski definition) is 1. The monoisotopic (exact) mass is 153 g/mol.